The average Bonchev–Trinajstić information content (AvgIpc) is 2.78. The van der Waals surface area contributed by atoms with Gasteiger partial charge in [0.1, 0.15) is 17.8 Å². The second kappa shape index (κ2) is 10.6. The molecule has 0 unspecified atom stereocenters. The maximum atomic E-state index is 12.6. The SMILES string of the molecule is CN(C(=O)OC(C)(C)C)c1nc(Nc2ccc(I)cc2)c(C=O)c(OCc2ccccc2)n1. The van der Waals surface area contributed by atoms with Gasteiger partial charge in [-0.3, -0.25) is 4.79 Å². The molecule has 1 heterocycles. The zero-order valence-corrected chi connectivity index (χ0v) is 21.0. The van der Waals surface area contributed by atoms with E-state index in [4.69, 9.17) is 9.47 Å². The van der Waals surface area contributed by atoms with Gasteiger partial charge in [-0.1, -0.05) is 30.3 Å². The van der Waals surface area contributed by atoms with E-state index in [0.717, 1.165) is 14.8 Å². The minimum absolute atomic E-state index is 0.0333. The Morgan fingerprint density at radius 3 is 2.36 bits per heavy atom. The second-order valence-corrected chi connectivity index (χ2v) is 9.40. The number of halogens is 1. The van der Waals surface area contributed by atoms with Gasteiger partial charge in [-0.25, -0.2) is 9.69 Å². The van der Waals surface area contributed by atoms with Crippen LogP contribution in [0.3, 0.4) is 0 Å². The van der Waals surface area contributed by atoms with E-state index in [1.165, 1.54) is 11.9 Å². The van der Waals surface area contributed by atoms with Gasteiger partial charge in [0.15, 0.2) is 12.1 Å². The third-order valence-electron chi connectivity index (χ3n) is 4.31. The van der Waals surface area contributed by atoms with Crippen LogP contribution in [0.2, 0.25) is 0 Å². The van der Waals surface area contributed by atoms with E-state index < -0.39 is 11.7 Å². The monoisotopic (exact) mass is 560 g/mol. The van der Waals surface area contributed by atoms with Crippen molar-refractivity contribution in [1.82, 2.24) is 9.97 Å². The summed E-state index contributed by atoms with van der Waals surface area (Å²) in [6, 6.07) is 17.1. The van der Waals surface area contributed by atoms with Crippen LogP contribution in [0.25, 0.3) is 0 Å². The minimum Gasteiger partial charge on any atom is -0.472 e. The Kier molecular flexibility index (Phi) is 7.85. The molecule has 1 N–H and O–H groups in total. The molecule has 0 bridgehead atoms. The summed E-state index contributed by atoms with van der Waals surface area (Å²) >= 11 is 2.21. The van der Waals surface area contributed by atoms with E-state index in [0.29, 0.717) is 6.29 Å². The first-order valence-corrected chi connectivity index (χ1v) is 11.3. The second-order valence-electron chi connectivity index (χ2n) is 8.15. The molecule has 3 rings (SSSR count). The van der Waals surface area contributed by atoms with Crippen LogP contribution >= 0.6 is 22.6 Å². The van der Waals surface area contributed by atoms with Crippen molar-refractivity contribution in [3.05, 3.63) is 69.3 Å². The van der Waals surface area contributed by atoms with Crippen molar-refractivity contribution < 1.29 is 19.1 Å². The van der Waals surface area contributed by atoms with Gasteiger partial charge in [0.05, 0.1) is 0 Å². The normalized spacial score (nSPS) is 10.9. The predicted molar refractivity (Wildman–Crippen MR) is 135 cm³/mol. The van der Waals surface area contributed by atoms with Gasteiger partial charge in [-0.05, 0) is 73.2 Å². The zero-order valence-electron chi connectivity index (χ0n) is 18.8. The third kappa shape index (κ3) is 6.88. The molecule has 8 nitrogen and oxygen atoms in total. The molecule has 0 spiro atoms. The topological polar surface area (TPSA) is 93.7 Å². The Bertz CT molecular complexity index is 1120. The standard InChI is InChI=1S/C24H25IN4O4/c1-24(2,3)33-23(31)29(4)22-27-20(26-18-12-10-17(25)11-13-18)19(14-30)21(28-22)32-15-16-8-6-5-7-9-16/h5-14H,15H2,1-4H3,(H,26,27,28). The van der Waals surface area contributed by atoms with Gasteiger partial charge in [-0.2, -0.15) is 9.97 Å². The third-order valence-corrected chi connectivity index (χ3v) is 5.03. The maximum Gasteiger partial charge on any atom is 0.416 e. The van der Waals surface area contributed by atoms with Gasteiger partial charge in [0, 0.05) is 16.3 Å². The first-order chi connectivity index (χ1) is 15.7. The number of hydrogen-bond acceptors (Lipinski definition) is 7. The molecule has 0 saturated carbocycles. The van der Waals surface area contributed by atoms with Crippen molar-refractivity contribution in [1.29, 1.82) is 0 Å². The summed E-state index contributed by atoms with van der Waals surface area (Å²) in [5.41, 5.74) is 1.08. The lowest BCUT2D eigenvalue weighted by Gasteiger charge is -2.24. The molecule has 0 saturated heterocycles. The minimum atomic E-state index is -0.691. The highest BCUT2D eigenvalue weighted by molar-refractivity contribution is 14.1. The predicted octanol–water partition coefficient (Wildman–Crippen LogP) is 5.59. The van der Waals surface area contributed by atoms with E-state index in [9.17, 15) is 9.59 Å². The molecular formula is C24H25IN4O4. The van der Waals surface area contributed by atoms with E-state index in [2.05, 4.69) is 37.9 Å². The molecule has 0 atom stereocenters. The number of carbonyl (C=O) groups excluding carboxylic acids is 2. The Morgan fingerprint density at radius 1 is 1.09 bits per heavy atom. The average molecular weight is 560 g/mol. The molecular weight excluding hydrogens is 535 g/mol. The maximum absolute atomic E-state index is 12.6. The van der Waals surface area contributed by atoms with Crippen molar-refractivity contribution in [3.8, 4) is 5.88 Å². The van der Waals surface area contributed by atoms with E-state index in [-0.39, 0.29) is 29.8 Å². The highest BCUT2D eigenvalue weighted by Crippen LogP contribution is 2.28. The van der Waals surface area contributed by atoms with Crippen LogP contribution in [0, 0.1) is 3.57 Å². The Hall–Kier alpha value is -3.21. The molecule has 1 amide bonds. The number of hydrogen-bond donors (Lipinski definition) is 1. The van der Waals surface area contributed by atoms with Crippen LogP contribution in [0.4, 0.5) is 22.2 Å². The zero-order chi connectivity index (χ0) is 24.0. The highest BCUT2D eigenvalue weighted by Gasteiger charge is 2.25. The number of amides is 1. The lowest BCUT2D eigenvalue weighted by Crippen LogP contribution is -2.35. The molecule has 0 fully saturated rings. The largest absolute Gasteiger partial charge is 0.472 e. The van der Waals surface area contributed by atoms with Crippen LogP contribution in [0.1, 0.15) is 36.7 Å². The summed E-state index contributed by atoms with van der Waals surface area (Å²) in [6.45, 7) is 5.50. The summed E-state index contributed by atoms with van der Waals surface area (Å²) in [5, 5.41) is 3.13. The van der Waals surface area contributed by atoms with Crippen LogP contribution in [0.5, 0.6) is 5.88 Å². The van der Waals surface area contributed by atoms with Gasteiger partial charge in [0.25, 0.3) is 0 Å². The number of nitrogens with one attached hydrogen (secondary N) is 1. The lowest BCUT2D eigenvalue weighted by molar-refractivity contribution is 0.0587. The van der Waals surface area contributed by atoms with Crippen molar-refractivity contribution in [3.63, 3.8) is 0 Å². The molecule has 0 aliphatic heterocycles. The van der Waals surface area contributed by atoms with E-state index >= 15 is 0 Å². The highest BCUT2D eigenvalue weighted by atomic mass is 127. The quantitative estimate of drug-likeness (QED) is 0.298. The molecule has 0 aliphatic carbocycles. The first kappa shape index (κ1) is 24.4. The molecule has 3 aromatic rings. The lowest BCUT2D eigenvalue weighted by atomic mass is 10.2. The van der Waals surface area contributed by atoms with Gasteiger partial charge >= 0.3 is 6.09 Å². The van der Waals surface area contributed by atoms with Crippen LogP contribution in [0.15, 0.2) is 54.6 Å². The number of rotatable bonds is 7. The van der Waals surface area contributed by atoms with Gasteiger partial charge < -0.3 is 14.8 Å². The van der Waals surface area contributed by atoms with Gasteiger partial charge in [-0.15, -0.1) is 0 Å². The number of anilines is 3. The van der Waals surface area contributed by atoms with Crippen molar-refractivity contribution in [2.45, 2.75) is 33.0 Å². The fourth-order valence-corrected chi connectivity index (χ4v) is 3.07. The molecule has 172 valence electrons. The van der Waals surface area contributed by atoms with Gasteiger partial charge in [0.2, 0.25) is 11.8 Å². The Balaban J connectivity index is 1.99. The summed E-state index contributed by atoms with van der Waals surface area (Å²) in [6.07, 6.45) is 0.00246. The van der Waals surface area contributed by atoms with Crippen molar-refractivity contribution in [2.75, 3.05) is 17.3 Å². The number of benzene rings is 2. The number of nitrogens with zero attached hydrogens (tertiary/aromatic N) is 3. The molecule has 2 aromatic carbocycles. The number of aldehydes is 1. The van der Waals surface area contributed by atoms with Crippen molar-refractivity contribution >= 4 is 52.4 Å². The summed E-state index contributed by atoms with van der Waals surface area (Å²) in [7, 11) is 1.50. The first-order valence-electron chi connectivity index (χ1n) is 10.2. The fraction of sp³-hybridized carbons (Fsp3) is 0.250. The van der Waals surface area contributed by atoms with Crippen LogP contribution < -0.4 is 15.0 Å². The van der Waals surface area contributed by atoms with E-state index in [1.54, 1.807) is 20.8 Å². The number of carbonyl (C=O) groups is 2. The van der Waals surface area contributed by atoms with Crippen LogP contribution in [-0.4, -0.2) is 35.0 Å². The summed E-state index contributed by atoms with van der Waals surface area (Å²) in [4.78, 5) is 34.5. The molecule has 0 radical (unpaired) electrons. The van der Waals surface area contributed by atoms with E-state index in [1.807, 2.05) is 54.6 Å². The van der Waals surface area contributed by atoms with Crippen molar-refractivity contribution in [2.24, 2.45) is 0 Å². The van der Waals surface area contributed by atoms with Crippen LogP contribution in [-0.2, 0) is 11.3 Å². The number of aromatic nitrogens is 2. The number of ether oxygens (including phenoxy) is 2. The Labute approximate surface area is 206 Å². The molecule has 9 heteroatoms. The summed E-state index contributed by atoms with van der Waals surface area (Å²) < 4.78 is 12.4. The fourth-order valence-electron chi connectivity index (χ4n) is 2.71. The smallest absolute Gasteiger partial charge is 0.416 e. The molecule has 0 aliphatic rings. The molecule has 33 heavy (non-hydrogen) atoms. The molecule has 1 aromatic heterocycles. The Morgan fingerprint density at radius 2 is 1.76 bits per heavy atom. The summed E-state index contributed by atoms with van der Waals surface area (Å²) in [5.74, 6) is 0.308.